The Morgan fingerprint density at radius 2 is 1.85 bits per heavy atom. The zero-order chi connectivity index (χ0) is 23.5. The number of hydrogen-bond acceptors (Lipinski definition) is 7. The molecule has 3 amide bonds. The second kappa shape index (κ2) is 9.88. The van der Waals surface area contributed by atoms with Gasteiger partial charge in [-0.3, -0.25) is 19.3 Å². The minimum atomic E-state index is -0.556. The number of phenolic OH excluding ortho intramolecular Hbond substituents is 1. The third-order valence-electron chi connectivity index (χ3n) is 5.50. The van der Waals surface area contributed by atoms with E-state index in [0.29, 0.717) is 36.2 Å². The normalized spacial score (nSPS) is 17.8. The van der Waals surface area contributed by atoms with E-state index in [1.54, 1.807) is 17.0 Å². The molecule has 0 bridgehead atoms. The number of imide groups is 1. The minimum Gasteiger partial charge on any atom is -0.504 e. The highest BCUT2D eigenvalue weighted by Crippen LogP contribution is 2.38. The van der Waals surface area contributed by atoms with Crippen molar-refractivity contribution in [3.05, 3.63) is 57.4 Å². The molecule has 172 valence electrons. The molecule has 2 aliphatic rings. The van der Waals surface area contributed by atoms with Gasteiger partial charge in [-0.25, -0.2) is 0 Å². The average Bonchev–Trinajstić information content (AvgIpc) is 3.09. The zero-order valence-corrected chi connectivity index (χ0v) is 20.3. The maximum absolute atomic E-state index is 12.8. The third-order valence-corrected chi connectivity index (χ3v) is 6.86. The molecule has 0 unspecified atom stereocenters. The lowest BCUT2D eigenvalue weighted by Gasteiger charge is -2.36. The SMILES string of the molecule is COc1cc(Br)cc(/C=C2/SC(=O)N(CC(=O)N3CCN(c4ccccc4)CC3)C2=O)c1O. The predicted octanol–water partition coefficient (Wildman–Crippen LogP) is 3.55. The lowest BCUT2D eigenvalue weighted by molar-refractivity contribution is -0.136. The monoisotopic (exact) mass is 531 g/mol. The highest BCUT2D eigenvalue weighted by molar-refractivity contribution is 9.10. The molecule has 0 aliphatic carbocycles. The van der Waals surface area contributed by atoms with Crippen molar-refractivity contribution in [2.24, 2.45) is 0 Å². The van der Waals surface area contributed by atoms with Gasteiger partial charge >= 0.3 is 0 Å². The van der Waals surface area contributed by atoms with Crippen LogP contribution in [0.2, 0.25) is 0 Å². The van der Waals surface area contributed by atoms with Crippen LogP contribution in [0, 0.1) is 0 Å². The quantitative estimate of drug-likeness (QED) is 0.590. The van der Waals surface area contributed by atoms with Crippen LogP contribution in [0.4, 0.5) is 10.5 Å². The fraction of sp³-hybridized carbons (Fsp3) is 0.261. The number of methoxy groups -OCH3 is 1. The first kappa shape index (κ1) is 23.2. The number of thioether (sulfide) groups is 1. The van der Waals surface area contributed by atoms with Crippen LogP contribution in [0.25, 0.3) is 6.08 Å². The molecule has 0 spiro atoms. The number of carbonyl (C=O) groups is 3. The van der Waals surface area contributed by atoms with Gasteiger partial charge < -0.3 is 19.6 Å². The molecule has 2 fully saturated rings. The fourth-order valence-corrected chi connectivity index (χ4v) is 5.01. The van der Waals surface area contributed by atoms with Crippen LogP contribution in [0.15, 0.2) is 51.8 Å². The van der Waals surface area contributed by atoms with Crippen LogP contribution in [-0.2, 0) is 9.59 Å². The number of benzene rings is 2. The first-order chi connectivity index (χ1) is 15.9. The molecule has 1 N–H and O–H groups in total. The molecular weight excluding hydrogens is 510 g/mol. The van der Waals surface area contributed by atoms with Crippen LogP contribution >= 0.6 is 27.7 Å². The highest BCUT2D eigenvalue weighted by Gasteiger charge is 2.37. The Kier molecular flexibility index (Phi) is 6.94. The first-order valence-electron chi connectivity index (χ1n) is 10.3. The van der Waals surface area contributed by atoms with E-state index >= 15 is 0 Å². The molecule has 0 saturated carbocycles. The molecule has 2 heterocycles. The predicted molar refractivity (Wildman–Crippen MR) is 130 cm³/mol. The fourth-order valence-electron chi connectivity index (χ4n) is 3.73. The van der Waals surface area contributed by atoms with Crippen molar-refractivity contribution in [1.82, 2.24) is 9.80 Å². The van der Waals surface area contributed by atoms with Gasteiger partial charge in [0.25, 0.3) is 11.1 Å². The van der Waals surface area contributed by atoms with Crippen LogP contribution in [0.3, 0.4) is 0 Å². The molecule has 0 aromatic heterocycles. The van der Waals surface area contributed by atoms with Crippen molar-refractivity contribution in [2.75, 3.05) is 44.7 Å². The summed E-state index contributed by atoms with van der Waals surface area (Å²) < 4.78 is 5.77. The third kappa shape index (κ3) is 5.01. The van der Waals surface area contributed by atoms with Crippen molar-refractivity contribution >= 4 is 56.5 Å². The van der Waals surface area contributed by atoms with Crippen molar-refractivity contribution in [3.63, 3.8) is 0 Å². The van der Waals surface area contributed by atoms with Crippen LogP contribution < -0.4 is 9.64 Å². The van der Waals surface area contributed by atoms with E-state index in [0.717, 1.165) is 22.3 Å². The summed E-state index contributed by atoms with van der Waals surface area (Å²) in [4.78, 5) is 43.1. The van der Waals surface area contributed by atoms with Gasteiger partial charge in [-0.15, -0.1) is 0 Å². The number of nitrogens with zero attached hydrogens (tertiary/aromatic N) is 3. The standard InChI is InChI=1S/C23H22BrN3O5S/c1-32-18-13-16(24)11-15(21(18)29)12-19-22(30)27(23(31)33-19)14-20(28)26-9-7-25(8-10-26)17-5-3-2-4-6-17/h2-6,11-13,29H,7-10,14H2,1H3/b19-12+. The van der Waals surface area contributed by atoms with E-state index in [1.165, 1.54) is 13.2 Å². The molecule has 2 aliphatic heterocycles. The molecule has 0 atom stereocenters. The molecule has 2 aromatic carbocycles. The molecule has 33 heavy (non-hydrogen) atoms. The number of rotatable bonds is 5. The van der Waals surface area contributed by atoms with Crippen LogP contribution in [-0.4, -0.2) is 71.8 Å². The molecular formula is C23H22BrN3O5S. The molecule has 8 nitrogen and oxygen atoms in total. The van der Waals surface area contributed by atoms with Gasteiger partial charge in [-0.1, -0.05) is 34.1 Å². The molecule has 2 aromatic rings. The maximum Gasteiger partial charge on any atom is 0.294 e. The topological polar surface area (TPSA) is 90.4 Å². The van der Waals surface area contributed by atoms with Gasteiger partial charge in [0.2, 0.25) is 5.91 Å². The van der Waals surface area contributed by atoms with E-state index in [-0.39, 0.29) is 28.9 Å². The molecule has 4 rings (SSSR count). The summed E-state index contributed by atoms with van der Waals surface area (Å²) in [6.45, 7) is 2.10. The molecule has 2 saturated heterocycles. The lowest BCUT2D eigenvalue weighted by atomic mass is 10.1. The zero-order valence-electron chi connectivity index (χ0n) is 17.9. The molecule has 10 heteroatoms. The number of halogens is 1. The maximum atomic E-state index is 12.8. The van der Waals surface area contributed by atoms with E-state index in [9.17, 15) is 19.5 Å². The van der Waals surface area contributed by atoms with Gasteiger partial charge in [-0.05, 0) is 42.1 Å². The first-order valence-corrected chi connectivity index (χ1v) is 11.9. The summed E-state index contributed by atoms with van der Waals surface area (Å²) in [5, 5.41) is 9.83. The van der Waals surface area contributed by atoms with Gasteiger partial charge in [0, 0.05) is 41.9 Å². The lowest BCUT2D eigenvalue weighted by Crippen LogP contribution is -2.51. The summed E-state index contributed by atoms with van der Waals surface area (Å²) in [5.41, 5.74) is 1.43. The second-order valence-electron chi connectivity index (χ2n) is 7.52. The van der Waals surface area contributed by atoms with Crippen molar-refractivity contribution in [3.8, 4) is 11.5 Å². The Morgan fingerprint density at radius 3 is 2.52 bits per heavy atom. The van der Waals surface area contributed by atoms with Gasteiger partial charge in [-0.2, -0.15) is 0 Å². The number of hydrogen-bond donors (Lipinski definition) is 1. The van der Waals surface area contributed by atoms with Crippen LogP contribution in [0.1, 0.15) is 5.56 Å². The Balaban J connectivity index is 1.41. The number of anilines is 1. The van der Waals surface area contributed by atoms with Gasteiger partial charge in [0.15, 0.2) is 11.5 Å². The number of aromatic hydroxyl groups is 1. The summed E-state index contributed by atoms with van der Waals surface area (Å²) in [5.74, 6) is -0.725. The average molecular weight is 532 g/mol. The Bertz CT molecular complexity index is 1120. The van der Waals surface area contributed by atoms with E-state index in [4.69, 9.17) is 4.74 Å². The van der Waals surface area contributed by atoms with Gasteiger partial charge in [0.1, 0.15) is 6.54 Å². The summed E-state index contributed by atoms with van der Waals surface area (Å²) in [7, 11) is 1.42. The minimum absolute atomic E-state index is 0.136. The summed E-state index contributed by atoms with van der Waals surface area (Å²) in [6.07, 6.45) is 1.43. The smallest absolute Gasteiger partial charge is 0.294 e. The number of phenols is 1. The van der Waals surface area contributed by atoms with Crippen molar-refractivity contribution < 1.29 is 24.2 Å². The van der Waals surface area contributed by atoms with Crippen LogP contribution in [0.5, 0.6) is 11.5 Å². The number of carbonyl (C=O) groups excluding carboxylic acids is 3. The Labute approximate surface area is 203 Å². The second-order valence-corrected chi connectivity index (χ2v) is 9.43. The van der Waals surface area contributed by atoms with E-state index in [1.807, 2.05) is 30.3 Å². The highest BCUT2D eigenvalue weighted by atomic mass is 79.9. The van der Waals surface area contributed by atoms with Crippen molar-refractivity contribution in [2.45, 2.75) is 0 Å². The van der Waals surface area contributed by atoms with Gasteiger partial charge in [0.05, 0.1) is 12.0 Å². The molecule has 0 radical (unpaired) electrons. The van der Waals surface area contributed by atoms with Crippen molar-refractivity contribution in [1.29, 1.82) is 0 Å². The Morgan fingerprint density at radius 1 is 1.15 bits per heavy atom. The van der Waals surface area contributed by atoms with E-state index < -0.39 is 11.1 Å². The summed E-state index contributed by atoms with van der Waals surface area (Å²) in [6, 6.07) is 13.2. The number of ether oxygens (including phenoxy) is 1. The Hall–Kier alpha value is -2.98. The van der Waals surface area contributed by atoms with E-state index in [2.05, 4.69) is 20.8 Å². The largest absolute Gasteiger partial charge is 0.504 e. The number of para-hydroxylation sites is 1. The summed E-state index contributed by atoms with van der Waals surface area (Å²) >= 11 is 4.07. The number of piperazine rings is 1. The number of amides is 3.